The molecule has 1 amide bonds. The third-order valence-electron chi connectivity index (χ3n) is 4.90. The monoisotopic (exact) mass is 312 g/mol. The van der Waals surface area contributed by atoms with Gasteiger partial charge in [0.25, 0.3) is 0 Å². The van der Waals surface area contributed by atoms with Crippen LogP contribution in [-0.2, 0) is 9.53 Å². The lowest BCUT2D eigenvalue weighted by atomic mass is 9.95. The smallest absolute Gasteiger partial charge is 0.224 e. The minimum atomic E-state index is 0.200. The molecule has 130 valence electrons. The van der Waals surface area contributed by atoms with Crippen LogP contribution in [0.1, 0.15) is 54.4 Å². The van der Waals surface area contributed by atoms with Gasteiger partial charge in [0, 0.05) is 38.3 Å². The molecule has 1 aliphatic heterocycles. The number of amides is 1. The summed E-state index contributed by atoms with van der Waals surface area (Å²) >= 11 is 0. The van der Waals surface area contributed by atoms with Crippen LogP contribution in [0.4, 0.5) is 0 Å². The van der Waals surface area contributed by atoms with Crippen LogP contribution in [0.3, 0.4) is 0 Å². The summed E-state index contributed by atoms with van der Waals surface area (Å²) in [7, 11) is 0. The zero-order chi connectivity index (χ0) is 16.8. The van der Waals surface area contributed by atoms with Gasteiger partial charge in [-0.05, 0) is 39.0 Å². The molecule has 0 spiro atoms. The van der Waals surface area contributed by atoms with Crippen LogP contribution in [0.25, 0.3) is 0 Å². The lowest BCUT2D eigenvalue weighted by Gasteiger charge is -2.42. The molecule has 0 radical (unpaired) electrons. The first-order chi connectivity index (χ1) is 10.2. The molecular formula is C18H36N2O2. The molecule has 4 heteroatoms. The first kappa shape index (κ1) is 19.4. The molecule has 1 fully saturated rings. The van der Waals surface area contributed by atoms with E-state index in [1.807, 2.05) is 4.90 Å². The van der Waals surface area contributed by atoms with Crippen molar-refractivity contribution in [1.29, 1.82) is 0 Å². The molecule has 0 bridgehead atoms. The summed E-state index contributed by atoms with van der Waals surface area (Å²) in [5, 5.41) is 0. The number of rotatable bonds is 7. The van der Waals surface area contributed by atoms with Crippen LogP contribution in [0.5, 0.6) is 0 Å². The lowest BCUT2D eigenvalue weighted by molar-refractivity contribution is -0.134. The van der Waals surface area contributed by atoms with Crippen LogP contribution in [0, 0.1) is 11.8 Å². The van der Waals surface area contributed by atoms with Gasteiger partial charge in [-0.1, -0.05) is 20.8 Å². The van der Waals surface area contributed by atoms with Gasteiger partial charge in [0.1, 0.15) is 0 Å². The first-order valence-corrected chi connectivity index (χ1v) is 8.82. The summed E-state index contributed by atoms with van der Waals surface area (Å²) in [6.45, 7) is 18.4. The molecule has 0 aromatic heterocycles. The van der Waals surface area contributed by atoms with Gasteiger partial charge in [-0.15, -0.1) is 0 Å². The highest BCUT2D eigenvalue weighted by molar-refractivity contribution is 5.76. The van der Waals surface area contributed by atoms with Gasteiger partial charge in [-0.2, -0.15) is 0 Å². The number of carbonyl (C=O) groups is 1. The number of nitrogens with zero attached hydrogens (tertiary/aromatic N) is 2. The number of piperazine rings is 1. The fraction of sp³-hybridized carbons (Fsp3) is 0.944. The predicted octanol–water partition coefficient (Wildman–Crippen LogP) is 3.02. The van der Waals surface area contributed by atoms with Crippen molar-refractivity contribution in [3.63, 3.8) is 0 Å². The van der Waals surface area contributed by atoms with E-state index in [0.717, 1.165) is 39.2 Å². The Hall–Kier alpha value is -0.610. The SMILES string of the molecule is CC(C)C(C)CCOCCC(=O)N1CCN(C(C)(C)C)CC1. The summed E-state index contributed by atoms with van der Waals surface area (Å²) in [6.07, 6.45) is 1.60. The minimum Gasteiger partial charge on any atom is -0.381 e. The highest BCUT2D eigenvalue weighted by Crippen LogP contribution is 2.16. The molecular weight excluding hydrogens is 276 g/mol. The van der Waals surface area contributed by atoms with E-state index in [9.17, 15) is 4.79 Å². The standard InChI is InChI=1S/C18H36N2O2/c1-15(2)16(3)7-13-22-14-8-17(21)19-9-11-20(12-10-19)18(4,5)6/h15-16H,7-14H2,1-6H3. The molecule has 22 heavy (non-hydrogen) atoms. The van der Waals surface area contributed by atoms with Gasteiger partial charge in [0.05, 0.1) is 13.0 Å². The van der Waals surface area contributed by atoms with Crippen molar-refractivity contribution in [2.45, 2.75) is 59.9 Å². The molecule has 1 saturated heterocycles. The summed E-state index contributed by atoms with van der Waals surface area (Å²) in [5.41, 5.74) is 0.200. The topological polar surface area (TPSA) is 32.8 Å². The van der Waals surface area contributed by atoms with Crippen molar-refractivity contribution in [2.24, 2.45) is 11.8 Å². The number of ether oxygens (including phenoxy) is 1. The maximum Gasteiger partial charge on any atom is 0.224 e. The van der Waals surface area contributed by atoms with E-state index in [1.54, 1.807) is 0 Å². The molecule has 1 atom stereocenters. The van der Waals surface area contributed by atoms with Crippen LogP contribution in [-0.4, -0.2) is 60.6 Å². The van der Waals surface area contributed by atoms with Crippen LogP contribution >= 0.6 is 0 Å². The molecule has 0 aromatic carbocycles. The maximum absolute atomic E-state index is 12.2. The zero-order valence-electron chi connectivity index (χ0n) is 15.5. The predicted molar refractivity (Wildman–Crippen MR) is 92.0 cm³/mol. The highest BCUT2D eigenvalue weighted by Gasteiger charge is 2.27. The van der Waals surface area contributed by atoms with E-state index >= 15 is 0 Å². The van der Waals surface area contributed by atoms with Gasteiger partial charge < -0.3 is 9.64 Å². The summed E-state index contributed by atoms with van der Waals surface area (Å²) in [5.74, 6) is 1.62. The van der Waals surface area contributed by atoms with E-state index in [2.05, 4.69) is 46.4 Å². The van der Waals surface area contributed by atoms with Gasteiger partial charge in [-0.25, -0.2) is 0 Å². The normalized spacial score (nSPS) is 18.8. The van der Waals surface area contributed by atoms with E-state index in [4.69, 9.17) is 4.74 Å². The van der Waals surface area contributed by atoms with Gasteiger partial charge in [0.2, 0.25) is 5.91 Å². The summed E-state index contributed by atoms with van der Waals surface area (Å²) in [4.78, 5) is 16.6. The summed E-state index contributed by atoms with van der Waals surface area (Å²) < 4.78 is 5.63. The quantitative estimate of drug-likeness (QED) is 0.678. The Kier molecular flexibility index (Phi) is 7.84. The molecule has 0 aromatic rings. The third kappa shape index (κ3) is 6.66. The minimum absolute atomic E-state index is 0.200. The first-order valence-electron chi connectivity index (χ1n) is 8.82. The Balaban J connectivity index is 2.14. The Morgan fingerprint density at radius 3 is 2.14 bits per heavy atom. The van der Waals surface area contributed by atoms with E-state index in [1.165, 1.54) is 0 Å². The third-order valence-corrected chi connectivity index (χ3v) is 4.90. The highest BCUT2D eigenvalue weighted by atomic mass is 16.5. The zero-order valence-corrected chi connectivity index (χ0v) is 15.5. The average Bonchev–Trinajstić information content (AvgIpc) is 2.45. The van der Waals surface area contributed by atoms with Crippen molar-refractivity contribution in [3.05, 3.63) is 0 Å². The van der Waals surface area contributed by atoms with Crippen LogP contribution < -0.4 is 0 Å². The number of hydrogen-bond acceptors (Lipinski definition) is 3. The Morgan fingerprint density at radius 2 is 1.64 bits per heavy atom. The largest absolute Gasteiger partial charge is 0.381 e. The second-order valence-corrected chi connectivity index (χ2v) is 7.91. The molecule has 4 nitrogen and oxygen atoms in total. The molecule has 0 saturated carbocycles. The Labute approximate surface area is 137 Å². The van der Waals surface area contributed by atoms with E-state index in [-0.39, 0.29) is 11.4 Å². The summed E-state index contributed by atoms with van der Waals surface area (Å²) in [6, 6.07) is 0. The molecule has 0 aliphatic carbocycles. The second kappa shape index (κ2) is 8.88. The molecule has 1 rings (SSSR count). The Bertz CT molecular complexity index is 328. The van der Waals surface area contributed by atoms with Crippen molar-refractivity contribution in [1.82, 2.24) is 9.80 Å². The van der Waals surface area contributed by atoms with Crippen LogP contribution in [0.15, 0.2) is 0 Å². The Morgan fingerprint density at radius 1 is 1.05 bits per heavy atom. The van der Waals surface area contributed by atoms with Gasteiger partial charge >= 0.3 is 0 Å². The van der Waals surface area contributed by atoms with Crippen molar-refractivity contribution in [3.8, 4) is 0 Å². The van der Waals surface area contributed by atoms with Crippen molar-refractivity contribution < 1.29 is 9.53 Å². The molecule has 1 aliphatic rings. The van der Waals surface area contributed by atoms with E-state index < -0.39 is 0 Å². The molecule has 0 N–H and O–H groups in total. The molecule has 1 unspecified atom stereocenters. The van der Waals surface area contributed by atoms with E-state index in [0.29, 0.717) is 24.9 Å². The molecule has 1 heterocycles. The van der Waals surface area contributed by atoms with Crippen molar-refractivity contribution in [2.75, 3.05) is 39.4 Å². The fourth-order valence-corrected chi connectivity index (χ4v) is 2.65. The van der Waals surface area contributed by atoms with Gasteiger partial charge in [0.15, 0.2) is 0 Å². The average molecular weight is 312 g/mol. The number of carbonyl (C=O) groups excluding carboxylic acids is 1. The lowest BCUT2D eigenvalue weighted by Crippen LogP contribution is -2.54. The number of hydrogen-bond donors (Lipinski definition) is 0. The fourth-order valence-electron chi connectivity index (χ4n) is 2.65. The van der Waals surface area contributed by atoms with Gasteiger partial charge in [-0.3, -0.25) is 9.69 Å². The maximum atomic E-state index is 12.2. The van der Waals surface area contributed by atoms with Crippen molar-refractivity contribution >= 4 is 5.91 Å². The second-order valence-electron chi connectivity index (χ2n) is 7.91. The van der Waals surface area contributed by atoms with Crippen LogP contribution in [0.2, 0.25) is 0 Å².